The monoisotopic (exact) mass is 450 g/mol. The number of aromatic nitrogens is 2. The molecule has 6 nitrogen and oxygen atoms in total. The van der Waals surface area contributed by atoms with Crippen molar-refractivity contribution in [2.24, 2.45) is 0 Å². The fourth-order valence-electron chi connectivity index (χ4n) is 3.43. The highest BCUT2D eigenvalue weighted by Gasteiger charge is 2.31. The van der Waals surface area contributed by atoms with Gasteiger partial charge >= 0.3 is 6.36 Å². The maximum absolute atomic E-state index is 12.6. The van der Waals surface area contributed by atoms with Crippen molar-refractivity contribution in [3.05, 3.63) is 76.2 Å². The minimum Gasteiger partial charge on any atom is -0.406 e. The number of imidazole rings is 1. The summed E-state index contributed by atoms with van der Waals surface area (Å²) in [6.07, 6.45) is -0.878. The number of hydrogen-bond acceptors (Lipinski definition) is 4. The first-order valence-corrected chi connectivity index (χ1v) is 9.84. The Kier molecular flexibility index (Phi) is 5.88. The summed E-state index contributed by atoms with van der Waals surface area (Å²) in [4.78, 5) is 16.7. The SMILES string of the molecule is O=C(Nc1cn(Cc2cc(Cl)cc(OC(F)(F)F)c2)cn1)c1ccc2c(c1)CCNC2. The number of rotatable bonds is 5. The Labute approximate surface area is 181 Å². The van der Waals surface area contributed by atoms with Crippen LogP contribution in [0.3, 0.4) is 0 Å². The van der Waals surface area contributed by atoms with Crippen molar-refractivity contribution in [2.45, 2.75) is 25.9 Å². The van der Waals surface area contributed by atoms with Gasteiger partial charge in [-0.15, -0.1) is 13.2 Å². The van der Waals surface area contributed by atoms with Gasteiger partial charge in [-0.1, -0.05) is 17.7 Å². The van der Waals surface area contributed by atoms with Crippen molar-refractivity contribution in [1.29, 1.82) is 0 Å². The quantitative estimate of drug-likeness (QED) is 0.605. The van der Waals surface area contributed by atoms with E-state index in [0.717, 1.165) is 31.1 Å². The van der Waals surface area contributed by atoms with Crippen LogP contribution >= 0.6 is 11.6 Å². The minimum absolute atomic E-state index is 0.119. The second-order valence-electron chi connectivity index (χ2n) is 7.14. The number of benzene rings is 2. The zero-order valence-corrected chi connectivity index (χ0v) is 16.9. The third kappa shape index (κ3) is 5.56. The summed E-state index contributed by atoms with van der Waals surface area (Å²) in [5, 5.41) is 6.14. The van der Waals surface area contributed by atoms with Crippen LogP contribution in [0.5, 0.6) is 5.75 Å². The molecule has 1 aliphatic heterocycles. The molecule has 2 N–H and O–H groups in total. The van der Waals surface area contributed by atoms with E-state index in [1.165, 1.54) is 24.0 Å². The maximum atomic E-state index is 12.6. The maximum Gasteiger partial charge on any atom is 0.573 e. The Balaban J connectivity index is 1.43. The molecular weight excluding hydrogens is 433 g/mol. The summed E-state index contributed by atoms with van der Waals surface area (Å²) in [6, 6.07) is 9.47. The summed E-state index contributed by atoms with van der Waals surface area (Å²) in [5.41, 5.74) is 3.36. The molecule has 0 bridgehead atoms. The first kappa shape index (κ1) is 21.2. The van der Waals surface area contributed by atoms with Crippen LogP contribution in [0.25, 0.3) is 0 Å². The summed E-state index contributed by atoms with van der Waals surface area (Å²) < 4.78 is 43.0. The van der Waals surface area contributed by atoms with E-state index in [2.05, 4.69) is 20.4 Å². The number of alkyl halides is 3. The first-order valence-electron chi connectivity index (χ1n) is 9.46. The third-order valence-corrected chi connectivity index (χ3v) is 4.98. The van der Waals surface area contributed by atoms with E-state index in [1.807, 2.05) is 12.1 Å². The molecule has 31 heavy (non-hydrogen) atoms. The lowest BCUT2D eigenvalue weighted by atomic mass is 9.98. The van der Waals surface area contributed by atoms with Gasteiger partial charge in [0.2, 0.25) is 0 Å². The van der Waals surface area contributed by atoms with Gasteiger partial charge in [0.15, 0.2) is 5.82 Å². The molecule has 1 aliphatic rings. The highest BCUT2D eigenvalue weighted by Crippen LogP contribution is 2.27. The lowest BCUT2D eigenvalue weighted by molar-refractivity contribution is -0.274. The molecule has 0 saturated heterocycles. The average molecular weight is 451 g/mol. The molecule has 0 unspecified atom stereocenters. The van der Waals surface area contributed by atoms with Gasteiger partial charge in [0.05, 0.1) is 6.33 Å². The van der Waals surface area contributed by atoms with Crippen LogP contribution in [-0.2, 0) is 19.5 Å². The van der Waals surface area contributed by atoms with E-state index in [9.17, 15) is 18.0 Å². The summed E-state index contributed by atoms with van der Waals surface area (Å²) >= 11 is 5.90. The second kappa shape index (κ2) is 8.60. The van der Waals surface area contributed by atoms with Gasteiger partial charge in [0.25, 0.3) is 5.91 Å². The Morgan fingerprint density at radius 2 is 2.06 bits per heavy atom. The molecule has 0 spiro atoms. The number of nitrogens with one attached hydrogen (secondary N) is 2. The molecule has 4 rings (SSSR count). The molecule has 1 aromatic heterocycles. The number of nitrogens with zero attached hydrogens (tertiary/aromatic N) is 2. The topological polar surface area (TPSA) is 68.2 Å². The van der Waals surface area contributed by atoms with E-state index in [1.54, 1.807) is 16.8 Å². The third-order valence-electron chi connectivity index (χ3n) is 4.76. The molecule has 3 aromatic rings. The number of hydrogen-bond donors (Lipinski definition) is 2. The van der Waals surface area contributed by atoms with Crippen molar-refractivity contribution in [3.63, 3.8) is 0 Å². The predicted molar refractivity (Wildman–Crippen MR) is 109 cm³/mol. The van der Waals surface area contributed by atoms with Crippen molar-refractivity contribution in [3.8, 4) is 5.75 Å². The summed E-state index contributed by atoms with van der Waals surface area (Å²) in [5.74, 6) is -0.348. The van der Waals surface area contributed by atoms with Crippen LogP contribution in [0.15, 0.2) is 48.9 Å². The number of halogens is 4. The highest BCUT2D eigenvalue weighted by molar-refractivity contribution is 6.30. The van der Waals surface area contributed by atoms with Crippen LogP contribution in [-0.4, -0.2) is 28.4 Å². The Morgan fingerprint density at radius 1 is 1.23 bits per heavy atom. The van der Waals surface area contributed by atoms with Crippen molar-refractivity contribution in [1.82, 2.24) is 14.9 Å². The predicted octanol–water partition coefficient (Wildman–Crippen LogP) is 4.38. The standard InChI is InChI=1S/C21H18ClF3N4O2/c22-17-5-13(6-18(8-17)31-21(23,24)25)10-29-11-19(27-12-29)28-20(30)15-1-2-16-9-26-4-3-14(16)7-15/h1-2,5-8,11-12,26H,3-4,9-10H2,(H,28,30). The van der Waals surface area contributed by atoms with Crippen LogP contribution < -0.4 is 15.4 Å². The van der Waals surface area contributed by atoms with E-state index >= 15 is 0 Å². The highest BCUT2D eigenvalue weighted by atomic mass is 35.5. The van der Waals surface area contributed by atoms with Gasteiger partial charge in [-0.25, -0.2) is 4.98 Å². The smallest absolute Gasteiger partial charge is 0.406 e. The molecule has 162 valence electrons. The van der Waals surface area contributed by atoms with Crippen LogP contribution in [0.1, 0.15) is 27.0 Å². The van der Waals surface area contributed by atoms with Gasteiger partial charge in [-0.2, -0.15) is 0 Å². The Morgan fingerprint density at radius 3 is 2.87 bits per heavy atom. The van der Waals surface area contributed by atoms with Gasteiger partial charge in [-0.3, -0.25) is 4.79 Å². The van der Waals surface area contributed by atoms with Gasteiger partial charge in [0.1, 0.15) is 5.75 Å². The zero-order valence-electron chi connectivity index (χ0n) is 16.2. The zero-order chi connectivity index (χ0) is 22.0. The lowest BCUT2D eigenvalue weighted by Gasteiger charge is -2.17. The van der Waals surface area contributed by atoms with Crippen molar-refractivity contribution >= 4 is 23.3 Å². The normalized spacial score (nSPS) is 13.5. The van der Waals surface area contributed by atoms with Crippen molar-refractivity contribution in [2.75, 3.05) is 11.9 Å². The first-order chi connectivity index (χ1) is 14.7. The average Bonchev–Trinajstić information content (AvgIpc) is 3.12. The number of anilines is 1. The number of fused-ring (bicyclic) bond motifs is 1. The Bertz CT molecular complexity index is 1110. The fraction of sp³-hybridized carbons (Fsp3) is 0.238. The Hall–Kier alpha value is -3.04. The minimum atomic E-state index is -4.80. The largest absolute Gasteiger partial charge is 0.573 e. The molecular formula is C21H18ClF3N4O2. The summed E-state index contributed by atoms with van der Waals surface area (Å²) in [6.45, 7) is 1.87. The molecule has 0 fully saturated rings. The molecule has 2 heterocycles. The van der Waals surface area contributed by atoms with Crippen LogP contribution in [0, 0.1) is 0 Å². The fourth-order valence-corrected chi connectivity index (χ4v) is 3.68. The number of carbonyl (C=O) groups is 1. The van der Waals surface area contributed by atoms with Gasteiger partial charge in [0, 0.05) is 29.9 Å². The molecule has 0 atom stereocenters. The molecule has 0 radical (unpaired) electrons. The number of amides is 1. The molecule has 0 aliphatic carbocycles. The summed E-state index contributed by atoms with van der Waals surface area (Å²) in [7, 11) is 0. The van der Waals surface area contributed by atoms with E-state index in [0.29, 0.717) is 16.9 Å². The van der Waals surface area contributed by atoms with Crippen LogP contribution in [0.4, 0.5) is 19.0 Å². The second-order valence-corrected chi connectivity index (χ2v) is 7.58. The van der Waals surface area contributed by atoms with E-state index in [-0.39, 0.29) is 17.5 Å². The van der Waals surface area contributed by atoms with Crippen LogP contribution in [0.2, 0.25) is 5.02 Å². The lowest BCUT2D eigenvalue weighted by Crippen LogP contribution is -2.24. The number of carbonyl (C=O) groups excluding carboxylic acids is 1. The van der Waals surface area contributed by atoms with E-state index in [4.69, 9.17) is 11.6 Å². The van der Waals surface area contributed by atoms with E-state index < -0.39 is 12.1 Å². The molecule has 10 heteroatoms. The molecule has 2 aromatic carbocycles. The van der Waals surface area contributed by atoms with Gasteiger partial charge in [-0.05, 0) is 60.0 Å². The molecule has 1 amide bonds. The van der Waals surface area contributed by atoms with Gasteiger partial charge < -0.3 is 19.9 Å². The number of ether oxygens (including phenoxy) is 1. The van der Waals surface area contributed by atoms with Crippen molar-refractivity contribution < 1.29 is 22.7 Å². The molecule has 0 saturated carbocycles.